The molecule has 1 aliphatic heterocycles. The number of rotatable bonds is 4. The Labute approximate surface area is 131 Å². The van der Waals surface area contributed by atoms with Crippen LogP contribution in [0.15, 0.2) is 18.2 Å². The van der Waals surface area contributed by atoms with Gasteiger partial charge in [0.2, 0.25) is 0 Å². The fraction of sp³-hybridized carbons (Fsp3) is 0.588. The fourth-order valence-corrected chi connectivity index (χ4v) is 3.31. The molecular formula is C17H23ClN2O. The molecule has 2 fully saturated rings. The standard InChI is InChI=1S/C17H23ClN2O/c1-12-15(5-2-6-16(12)18)17(21)20(14-7-8-14)11-13-4-3-9-19-10-13/h2,5-6,13-14,19H,3-4,7-11H2,1H3. The topological polar surface area (TPSA) is 32.3 Å². The molecule has 1 N–H and O–H groups in total. The van der Waals surface area contributed by atoms with E-state index in [0.717, 1.165) is 43.6 Å². The predicted octanol–water partition coefficient (Wildman–Crippen LogP) is 3.25. The largest absolute Gasteiger partial charge is 0.335 e. The molecule has 3 rings (SSSR count). The first kappa shape index (κ1) is 14.9. The molecule has 3 nitrogen and oxygen atoms in total. The monoisotopic (exact) mass is 306 g/mol. The maximum absolute atomic E-state index is 12.9. The number of carbonyl (C=O) groups is 1. The van der Waals surface area contributed by atoms with Gasteiger partial charge in [-0.1, -0.05) is 17.7 Å². The molecule has 1 amide bonds. The Morgan fingerprint density at radius 1 is 1.38 bits per heavy atom. The zero-order valence-corrected chi connectivity index (χ0v) is 13.3. The summed E-state index contributed by atoms with van der Waals surface area (Å²) in [5.74, 6) is 0.742. The van der Waals surface area contributed by atoms with Crippen molar-refractivity contribution in [1.82, 2.24) is 10.2 Å². The van der Waals surface area contributed by atoms with Crippen LogP contribution in [0.25, 0.3) is 0 Å². The van der Waals surface area contributed by atoms with Crippen LogP contribution in [0.1, 0.15) is 41.6 Å². The first-order valence-corrected chi connectivity index (χ1v) is 8.31. The summed E-state index contributed by atoms with van der Waals surface area (Å²) in [7, 11) is 0. The van der Waals surface area contributed by atoms with Crippen molar-refractivity contribution < 1.29 is 4.79 Å². The van der Waals surface area contributed by atoms with Crippen molar-refractivity contribution in [3.8, 4) is 0 Å². The molecule has 1 heterocycles. The minimum atomic E-state index is 0.156. The molecule has 1 aliphatic carbocycles. The van der Waals surface area contributed by atoms with Gasteiger partial charge in [0.1, 0.15) is 0 Å². The average Bonchev–Trinajstić information content (AvgIpc) is 3.33. The van der Waals surface area contributed by atoms with Crippen LogP contribution in [-0.2, 0) is 0 Å². The van der Waals surface area contributed by atoms with Crippen LogP contribution in [0, 0.1) is 12.8 Å². The van der Waals surface area contributed by atoms with Crippen molar-refractivity contribution in [3.05, 3.63) is 34.3 Å². The van der Waals surface area contributed by atoms with E-state index in [9.17, 15) is 4.79 Å². The number of carbonyl (C=O) groups excluding carboxylic acids is 1. The number of nitrogens with one attached hydrogen (secondary N) is 1. The summed E-state index contributed by atoms with van der Waals surface area (Å²) in [6.45, 7) is 4.96. The van der Waals surface area contributed by atoms with Crippen molar-refractivity contribution in [2.24, 2.45) is 5.92 Å². The van der Waals surface area contributed by atoms with Crippen LogP contribution in [0.2, 0.25) is 5.02 Å². The van der Waals surface area contributed by atoms with E-state index in [4.69, 9.17) is 11.6 Å². The van der Waals surface area contributed by atoms with Crippen LogP contribution < -0.4 is 5.32 Å². The summed E-state index contributed by atoms with van der Waals surface area (Å²) in [4.78, 5) is 15.0. The molecular weight excluding hydrogens is 284 g/mol. The van der Waals surface area contributed by atoms with E-state index >= 15 is 0 Å². The second-order valence-corrected chi connectivity index (χ2v) is 6.72. The van der Waals surface area contributed by atoms with Crippen molar-refractivity contribution in [2.45, 2.75) is 38.6 Å². The quantitative estimate of drug-likeness (QED) is 0.926. The van der Waals surface area contributed by atoms with Gasteiger partial charge in [0.15, 0.2) is 0 Å². The van der Waals surface area contributed by atoms with Crippen LogP contribution in [0.3, 0.4) is 0 Å². The molecule has 114 valence electrons. The number of piperidine rings is 1. The summed E-state index contributed by atoms with van der Waals surface area (Å²) in [5, 5.41) is 4.12. The highest BCUT2D eigenvalue weighted by molar-refractivity contribution is 6.31. The van der Waals surface area contributed by atoms with E-state index in [1.165, 1.54) is 12.8 Å². The molecule has 1 saturated carbocycles. The first-order valence-electron chi connectivity index (χ1n) is 7.93. The summed E-state index contributed by atoms with van der Waals surface area (Å²) >= 11 is 6.17. The van der Waals surface area contributed by atoms with Gasteiger partial charge in [-0.15, -0.1) is 0 Å². The van der Waals surface area contributed by atoms with Gasteiger partial charge in [-0.25, -0.2) is 0 Å². The zero-order valence-electron chi connectivity index (χ0n) is 12.6. The van der Waals surface area contributed by atoms with Crippen LogP contribution in [-0.4, -0.2) is 36.5 Å². The fourth-order valence-electron chi connectivity index (χ4n) is 3.14. The third kappa shape index (κ3) is 3.41. The smallest absolute Gasteiger partial charge is 0.254 e. The predicted molar refractivity (Wildman–Crippen MR) is 85.8 cm³/mol. The molecule has 1 saturated heterocycles. The van der Waals surface area contributed by atoms with E-state index in [1.807, 2.05) is 25.1 Å². The SMILES string of the molecule is Cc1c(Cl)cccc1C(=O)N(CC1CCCNC1)C1CC1. The number of nitrogens with zero attached hydrogens (tertiary/aromatic N) is 1. The van der Waals surface area contributed by atoms with Crippen molar-refractivity contribution in [1.29, 1.82) is 0 Å². The van der Waals surface area contributed by atoms with Gasteiger partial charge in [0.25, 0.3) is 5.91 Å². The number of halogens is 1. The van der Waals surface area contributed by atoms with Crippen LogP contribution >= 0.6 is 11.6 Å². The third-order valence-corrected chi connectivity index (χ3v) is 5.01. The number of amides is 1. The van der Waals surface area contributed by atoms with E-state index in [-0.39, 0.29) is 5.91 Å². The number of benzene rings is 1. The lowest BCUT2D eigenvalue weighted by molar-refractivity contribution is 0.0703. The molecule has 0 aromatic heterocycles. The van der Waals surface area contributed by atoms with Crippen molar-refractivity contribution in [2.75, 3.05) is 19.6 Å². The summed E-state index contributed by atoms with van der Waals surface area (Å²) in [6, 6.07) is 6.06. The summed E-state index contributed by atoms with van der Waals surface area (Å²) in [5.41, 5.74) is 1.66. The highest BCUT2D eigenvalue weighted by Gasteiger charge is 2.35. The third-order valence-electron chi connectivity index (χ3n) is 4.60. The Kier molecular flexibility index (Phi) is 4.51. The molecule has 1 aromatic carbocycles. The molecule has 4 heteroatoms. The average molecular weight is 307 g/mol. The van der Waals surface area contributed by atoms with Gasteiger partial charge in [0.05, 0.1) is 0 Å². The van der Waals surface area contributed by atoms with Gasteiger partial charge < -0.3 is 10.2 Å². The van der Waals surface area contributed by atoms with Crippen LogP contribution in [0.5, 0.6) is 0 Å². The Balaban J connectivity index is 1.76. The van der Waals surface area contributed by atoms with E-state index in [2.05, 4.69) is 10.2 Å². The van der Waals surface area contributed by atoms with Gasteiger partial charge in [-0.3, -0.25) is 4.79 Å². The molecule has 0 spiro atoms. The van der Waals surface area contributed by atoms with Gasteiger partial charge in [0, 0.05) is 23.2 Å². The second-order valence-electron chi connectivity index (χ2n) is 6.31. The minimum absolute atomic E-state index is 0.156. The zero-order chi connectivity index (χ0) is 14.8. The van der Waals surface area contributed by atoms with Crippen molar-refractivity contribution >= 4 is 17.5 Å². The Bertz CT molecular complexity index is 522. The Morgan fingerprint density at radius 3 is 2.86 bits per heavy atom. The maximum Gasteiger partial charge on any atom is 0.254 e. The first-order chi connectivity index (χ1) is 10.2. The highest BCUT2D eigenvalue weighted by Crippen LogP contribution is 2.31. The minimum Gasteiger partial charge on any atom is -0.335 e. The Morgan fingerprint density at radius 2 is 2.19 bits per heavy atom. The van der Waals surface area contributed by atoms with E-state index in [0.29, 0.717) is 17.0 Å². The highest BCUT2D eigenvalue weighted by atomic mass is 35.5. The molecule has 2 aliphatic rings. The lowest BCUT2D eigenvalue weighted by atomic mass is 9.98. The van der Waals surface area contributed by atoms with Crippen molar-refractivity contribution in [3.63, 3.8) is 0 Å². The van der Waals surface area contributed by atoms with Gasteiger partial charge in [-0.05, 0) is 69.3 Å². The maximum atomic E-state index is 12.9. The molecule has 1 unspecified atom stereocenters. The van der Waals surface area contributed by atoms with E-state index in [1.54, 1.807) is 0 Å². The number of hydrogen-bond acceptors (Lipinski definition) is 2. The molecule has 1 atom stereocenters. The normalized spacial score (nSPS) is 22.1. The van der Waals surface area contributed by atoms with Gasteiger partial charge in [-0.2, -0.15) is 0 Å². The summed E-state index contributed by atoms with van der Waals surface area (Å²) < 4.78 is 0. The number of hydrogen-bond donors (Lipinski definition) is 1. The lowest BCUT2D eigenvalue weighted by Crippen LogP contribution is -2.42. The molecule has 0 radical (unpaired) electrons. The summed E-state index contributed by atoms with van der Waals surface area (Å²) in [6.07, 6.45) is 4.72. The van der Waals surface area contributed by atoms with Gasteiger partial charge >= 0.3 is 0 Å². The second kappa shape index (κ2) is 6.37. The lowest BCUT2D eigenvalue weighted by Gasteiger charge is -2.30. The van der Waals surface area contributed by atoms with Crippen LogP contribution in [0.4, 0.5) is 0 Å². The Hall–Kier alpha value is -1.06. The molecule has 1 aromatic rings. The van der Waals surface area contributed by atoms with E-state index < -0.39 is 0 Å². The molecule has 21 heavy (non-hydrogen) atoms. The molecule has 0 bridgehead atoms.